The molecule has 1 aromatic carbocycles. The average Bonchev–Trinajstić information content (AvgIpc) is 3.24. The number of benzene rings is 1. The highest BCUT2D eigenvalue weighted by Gasteiger charge is 2.57. The molecule has 2 saturated carbocycles. The van der Waals surface area contributed by atoms with Crippen molar-refractivity contribution in [3.05, 3.63) is 71.7 Å². The third kappa shape index (κ3) is 5.14. The Morgan fingerprint density at radius 2 is 1.89 bits per heavy atom. The van der Waals surface area contributed by atoms with Crippen molar-refractivity contribution in [1.82, 2.24) is 0 Å². The van der Waals surface area contributed by atoms with E-state index in [4.69, 9.17) is 9.15 Å². The van der Waals surface area contributed by atoms with E-state index in [1.165, 1.54) is 23.8 Å². The summed E-state index contributed by atoms with van der Waals surface area (Å²) in [7, 11) is 6.07. The van der Waals surface area contributed by atoms with Gasteiger partial charge in [0.25, 0.3) is 0 Å². The molecule has 190 valence electrons. The lowest BCUT2D eigenvalue weighted by molar-refractivity contribution is -0.917. The van der Waals surface area contributed by atoms with Crippen LogP contribution in [0.5, 0.6) is 0 Å². The number of aryl methyl sites for hydroxylation is 1. The van der Waals surface area contributed by atoms with Crippen LogP contribution in [0.15, 0.2) is 59.2 Å². The second-order valence-corrected chi connectivity index (χ2v) is 12.2. The summed E-state index contributed by atoms with van der Waals surface area (Å²) in [6.07, 6.45) is 9.11. The van der Waals surface area contributed by atoms with Crippen LogP contribution in [0.3, 0.4) is 0 Å². The maximum atomic E-state index is 12.9. The number of nitrogens with zero attached hydrogens (tertiary/aromatic N) is 1. The maximum absolute atomic E-state index is 12.9. The summed E-state index contributed by atoms with van der Waals surface area (Å²) in [5, 5.41) is 0. The molecule has 0 bridgehead atoms. The Kier molecular flexibility index (Phi) is 7.33. The van der Waals surface area contributed by atoms with Crippen LogP contribution in [0.25, 0.3) is 0 Å². The van der Waals surface area contributed by atoms with Gasteiger partial charge < -0.3 is 13.6 Å². The molecule has 4 nitrogen and oxygen atoms in total. The van der Waals surface area contributed by atoms with Crippen molar-refractivity contribution in [1.29, 1.82) is 0 Å². The summed E-state index contributed by atoms with van der Waals surface area (Å²) < 4.78 is 12.2. The second-order valence-electron chi connectivity index (χ2n) is 12.2. The van der Waals surface area contributed by atoms with Crippen LogP contribution < -0.4 is 0 Å². The summed E-state index contributed by atoms with van der Waals surface area (Å²) in [5.41, 5.74) is 3.72. The Morgan fingerprint density at radius 1 is 1.14 bits per heavy atom. The smallest absolute Gasteiger partial charge is 0.311 e. The second kappa shape index (κ2) is 9.97. The standard InChI is InChI=1S/C31H44NO3/c1-23-13-16-28-30(2,18-10-19-31(28,3)29(33)34-6)26(23)15-14-25-17-20-35-27(25)22-32(4,5)21-24-11-8-7-9-12-24/h7-9,11-12,17,20,26,28H,1,10,13-16,18-19,21-22H2,2-6H3/q+1/t26-,28-,30+,31-/m0/s1. The summed E-state index contributed by atoms with van der Waals surface area (Å²) in [6, 6.07) is 12.8. The van der Waals surface area contributed by atoms with Gasteiger partial charge in [-0.3, -0.25) is 4.79 Å². The molecule has 0 unspecified atom stereocenters. The van der Waals surface area contributed by atoms with Crippen molar-refractivity contribution >= 4 is 5.97 Å². The van der Waals surface area contributed by atoms with Crippen LogP contribution in [0.2, 0.25) is 0 Å². The molecule has 35 heavy (non-hydrogen) atoms. The molecule has 1 aromatic heterocycles. The van der Waals surface area contributed by atoms with Crippen LogP contribution in [0, 0.1) is 22.7 Å². The van der Waals surface area contributed by atoms with E-state index in [0.29, 0.717) is 11.8 Å². The number of esters is 1. The number of furan rings is 1. The van der Waals surface area contributed by atoms with Gasteiger partial charge in [-0.05, 0) is 74.3 Å². The van der Waals surface area contributed by atoms with E-state index < -0.39 is 0 Å². The fourth-order valence-electron chi connectivity index (χ4n) is 7.51. The summed E-state index contributed by atoms with van der Waals surface area (Å²) in [4.78, 5) is 12.9. The number of quaternary nitrogens is 1. The molecule has 2 aliphatic rings. The van der Waals surface area contributed by atoms with Crippen molar-refractivity contribution < 1.29 is 18.4 Å². The van der Waals surface area contributed by atoms with E-state index in [1.807, 2.05) is 6.26 Å². The van der Waals surface area contributed by atoms with Crippen molar-refractivity contribution in [3.8, 4) is 0 Å². The van der Waals surface area contributed by atoms with Crippen LogP contribution in [0.1, 0.15) is 69.3 Å². The Labute approximate surface area is 211 Å². The molecule has 1 heterocycles. The number of fused-ring (bicyclic) bond motifs is 1. The van der Waals surface area contributed by atoms with Gasteiger partial charge in [-0.25, -0.2) is 0 Å². The van der Waals surface area contributed by atoms with Gasteiger partial charge in [0.1, 0.15) is 13.1 Å². The maximum Gasteiger partial charge on any atom is 0.311 e. The quantitative estimate of drug-likeness (QED) is 0.234. The lowest BCUT2D eigenvalue weighted by atomic mass is 9.46. The van der Waals surface area contributed by atoms with E-state index in [0.717, 1.165) is 68.3 Å². The highest BCUT2D eigenvalue weighted by molar-refractivity contribution is 5.77. The first-order chi connectivity index (χ1) is 16.6. The SMILES string of the molecule is C=C1CC[C@H]2[C@](C)(CCC[C@]2(C)C(=O)OC)[C@H]1CCc1ccoc1C[N+](C)(C)Cc1ccccc1. The van der Waals surface area contributed by atoms with Gasteiger partial charge in [0, 0.05) is 5.56 Å². The minimum Gasteiger partial charge on any atom is -0.469 e. The van der Waals surface area contributed by atoms with Crippen LogP contribution in [-0.2, 0) is 29.0 Å². The number of ether oxygens (including phenoxy) is 1. The van der Waals surface area contributed by atoms with Crippen molar-refractivity contribution in [2.24, 2.45) is 22.7 Å². The summed E-state index contributed by atoms with van der Waals surface area (Å²) in [5.74, 6) is 1.82. The molecular weight excluding hydrogens is 434 g/mol. The number of hydrogen-bond acceptors (Lipinski definition) is 3. The predicted molar refractivity (Wildman–Crippen MR) is 140 cm³/mol. The molecule has 2 aliphatic carbocycles. The van der Waals surface area contributed by atoms with E-state index in [9.17, 15) is 4.79 Å². The molecule has 0 amide bonds. The largest absolute Gasteiger partial charge is 0.469 e. The fraction of sp³-hybridized carbons (Fsp3) is 0.581. The van der Waals surface area contributed by atoms with Gasteiger partial charge in [-0.15, -0.1) is 0 Å². The van der Waals surface area contributed by atoms with Crippen LogP contribution in [0.4, 0.5) is 0 Å². The first-order valence-electron chi connectivity index (χ1n) is 13.3. The first kappa shape index (κ1) is 25.8. The molecule has 0 spiro atoms. The monoisotopic (exact) mass is 478 g/mol. The number of methoxy groups -OCH3 is 1. The zero-order valence-electron chi connectivity index (χ0n) is 22.4. The molecule has 2 aromatic rings. The van der Waals surface area contributed by atoms with E-state index >= 15 is 0 Å². The molecule has 4 rings (SSSR count). The Hall–Kier alpha value is -2.33. The van der Waals surface area contributed by atoms with Gasteiger partial charge in [-0.1, -0.05) is 55.8 Å². The van der Waals surface area contributed by atoms with Crippen molar-refractivity contribution in [2.75, 3.05) is 21.2 Å². The zero-order valence-corrected chi connectivity index (χ0v) is 22.4. The molecule has 0 radical (unpaired) electrons. The summed E-state index contributed by atoms with van der Waals surface area (Å²) in [6.45, 7) is 10.9. The average molecular weight is 479 g/mol. The number of hydrogen-bond donors (Lipinski definition) is 0. The van der Waals surface area contributed by atoms with Crippen LogP contribution >= 0.6 is 0 Å². The predicted octanol–water partition coefficient (Wildman–Crippen LogP) is 6.94. The van der Waals surface area contributed by atoms with Gasteiger partial charge in [0.15, 0.2) is 5.76 Å². The number of carbonyl (C=O) groups is 1. The molecule has 4 heteroatoms. The molecule has 0 aliphatic heterocycles. The Balaban J connectivity index is 1.48. The third-order valence-electron chi connectivity index (χ3n) is 9.24. The molecular formula is C31H44NO3+. The van der Waals surface area contributed by atoms with Crippen LogP contribution in [-0.4, -0.2) is 31.7 Å². The highest BCUT2D eigenvalue weighted by Crippen LogP contribution is 2.62. The minimum absolute atomic E-state index is 0.0322. The van der Waals surface area contributed by atoms with Gasteiger partial charge in [-0.2, -0.15) is 0 Å². The third-order valence-corrected chi connectivity index (χ3v) is 9.24. The Bertz CT molecular complexity index is 1040. The first-order valence-corrected chi connectivity index (χ1v) is 13.3. The topological polar surface area (TPSA) is 39.4 Å². The van der Waals surface area contributed by atoms with Crippen molar-refractivity contribution in [3.63, 3.8) is 0 Å². The highest BCUT2D eigenvalue weighted by atomic mass is 16.5. The number of carbonyl (C=O) groups excluding carboxylic acids is 1. The Morgan fingerprint density at radius 3 is 2.60 bits per heavy atom. The van der Waals surface area contributed by atoms with Crippen molar-refractivity contribution in [2.45, 2.75) is 71.9 Å². The van der Waals surface area contributed by atoms with E-state index in [2.05, 4.69) is 70.9 Å². The molecule has 2 fully saturated rings. The normalized spacial score (nSPS) is 29.0. The lowest BCUT2D eigenvalue weighted by Gasteiger charge is -2.57. The van der Waals surface area contributed by atoms with Gasteiger partial charge >= 0.3 is 5.97 Å². The lowest BCUT2D eigenvalue weighted by Crippen LogP contribution is -2.53. The molecule has 0 saturated heterocycles. The number of allylic oxidation sites excluding steroid dienone is 1. The van der Waals surface area contributed by atoms with Gasteiger partial charge in [0.05, 0.1) is 32.9 Å². The fourth-order valence-corrected chi connectivity index (χ4v) is 7.51. The van der Waals surface area contributed by atoms with Gasteiger partial charge in [0.2, 0.25) is 0 Å². The molecule has 4 atom stereocenters. The summed E-state index contributed by atoms with van der Waals surface area (Å²) >= 11 is 0. The van der Waals surface area contributed by atoms with E-state index in [1.54, 1.807) is 0 Å². The minimum atomic E-state index is -0.388. The molecule has 0 N–H and O–H groups in total. The number of rotatable bonds is 8. The zero-order chi connectivity index (χ0) is 25.3. The van der Waals surface area contributed by atoms with E-state index in [-0.39, 0.29) is 16.8 Å².